The molecule has 0 N–H and O–H groups in total. The molecule has 0 unspecified atom stereocenters. The molecule has 0 bridgehead atoms. The first-order valence-electron chi connectivity index (χ1n) is 22.9. The Morgan fingerprint density at radius 3 is 0.547 bits per heavy atom. The van der Waals surface area contributed by atoms with Crippen molar-refractivity contribution in [1.82, 2.24) is 0 Å². The van der Waals surface area contributed by atoms with Crippen molar-refractivity contribution in [3.05, 3.63) is 302 Å². The highest BCUT2D eigenvalue weighted by atomic mass is 28.3. The molecule has 64 heavy (non-hydrogen) atoms. The van der Waals surface area contributed by atoms with Crippen LogP contribution in [0.3, 0.4) is 0 Å². The van der Waals surface area contributed by atoms with E-state index < -0.39 is 8.80 Å². The van der Waals surface area contributed by atoms with Crippen LogP contribution in [0, 0.1) is 20.8 Å². The average molecular weight is 842 g/mol. The largest absolute Gasteiger partial charge is 0.154 e. The first-order chi connectivity index (χ1) is 31.4. The molecule has 9 rings (SSSR count). The zero-order valence-electron chi connectivity index (χ0n) is 37.5. The monoisotopic (exact) mass is 841 g/mol. The van der Waals surface area contributed by atoms with Gasteiger partial charge < -0.3 is 0 Å². The molecular formula is C63H57Si. The fourth-order valence-corrected chi connectivity index (χ4v) is 12.4. The second-order valence-corrected chi connectivity index (χ2v) is 20.1. The highest BCUT2D eigenvalue weighted by Crippen LogP contribution is 2.25. The summed E-state index contributed by atoms with van der Waals surface area (Å²) in [5.41, 5.74) is 20.8. The molecule has 313 valence electrons. The van der Waals surface area contributed by atoms with Crippen molar-refractivity contribution in [2.24, 2.45) is 0 Å². The van der Waals surface area contributed by atoms with Crippen molar-refractivity contribution < 1.29 is 0 Å². The summed E-state index contributed by atoms with van der Waals surface area (Å²) in [5.74, 6) is 0. The molecule has 0 aliphatic carbocycles. The lowest BCUT2D eigenvalue weighted by Gasteiger charge is -2.25. The summed E-state index contributed by atoms with van der Waals surface area (Å²) in [6, 6.07) is 81.9. The van der Waals surface area contributed by atoms with E-state index >= 15 is 0 Å². The first kappa shape index (κ1) is 42.5. The minimum absolute atomic E-state index is 0.899. The smallest absolute Gasteiger partial charge is 0.0622 e. The van der Waals surface area contributed by atoms with Crippen LogP contribution in [-0.4, -0.2) is 8.80 Å². The van der Waals surface area contributed by atoms with E-state index in [0.717, 1.165) is 38.5 Å². The molecule has 9 aromatic carbocycles. The zero-order chi connectivity index (χ0) is 43.7. The second-order valence-electron chi connectivity index (χ2n) is 17.6. The molecule has 0 aromatic heterocycles. The van der Waals surface area contributed by atoms with E-state index in [1.54, 1.807) is 0 Å². The lowest BCUT2D eigenvalue weighted by atomic mass is 9.93. The van der Waals surface area contributed by atoms with Gasteiger partial charge in [0.1, 0.15) is 0 Å². The van der Waals surface area contributed by atoms with E-state index in [-0.39, 0.29) is 0 Å². The highest BCUT2D eigenvalue weighted by Gasteiger charge is 2.26. The van der Waals surface area contributed by atoms with Crippen LogP contribution in [0.15, 0.2) is 218 Å². The third kappa shape index (κ3) is 10.3. The number of hydrogen-bond donors (Lipinski definition) is 0. The van der Waals surface area contributed by atoms with Crippen molar-refractivity contribution in [1.29, 1.82) is 0 Å². The Bertz CT molecular complexity index is 2410. The van der Waals surface area contributed by atoms with E-state index in [0.29, 0.717) is 0 Å². The summed E-state index contributed by atoms with van der Waals surface area (Å²) in [7, 11) is -1.61. The minimum Gasteiger partial charge on any atom is -0.0622 e. The molecule has 0 aliphatic heterocycles. The molecule has 1 radical (unpaired) electrons. The Morgan fingerprint density at radius 1 is 0.234 bits per heavy atom. The van der Waals surface area contributed by atoms with Gasteiger partial charge in [0.15, 0.2) is 8.80 Å². The van der Waals surface area contributed by atoms with Crippen LogP contribution >= 0.6 is 0 Å². The van der Waals surface area contributed by atoms with E-state index in [1.165, 1.54) is 99.0 Å². The summed E-state index contributed by atoms with van der Waals surface area (Å²) in [6.45, 7) is 7.07. The van der Waals surface area contributed by atoms with Crippen LogP contribution in [0.5, 0.6) is 0 Å². The fourth-order valence-electron chi connectivity index (χ4n) is 9.45. The van der Waals surface area contributed by atoms with E-state index in [1.807, 2.05) is 0 Å². The first-order valence-corrected chi connectivity index (χ1v) is 24.4. The van der Waals surface area contributed by atoms with E-state index in [9.17, 15) is 0 Å². The van der Waals surface area contributed by atoms with Crippen LogP contribution < -0.4 is 15.6 Å². The van der Waals surface area contributed by atoms with Crippen LogP contribution in [-0.2, 0) is 38.5 Å². The topological polar surface area (TPSA) is 0 Å². The van der Waals surface area contributed by atoms with Crippen molar-refractivity contribution >= 4 is 24.4 Å². The van der Waals surface area contributed by atoms with Crippen LogP contribution in [0.1, 0.15) is 83.5 Å². The van der Waals surface area contributed by atoms with Gasteiger partial charge in [-0.15, -0.1) is 0 Å². The second kappa shape index (κ2) is 20.1. The molecule has 0 aliphatic rings. The van der Waals surface area contributed by atoms with Gasteiger partial charge in [0.25, 0.3) is 0 Å². The van der Waals surface area contributed by atoms with Gasteiger partial charge in [-0.3, -0.25) is 0 Å². The quantitative estimate of drug-likeness (QED) is 0.0712. The Morgan fingerprint density at radius 2 is 0.391 bits per heavy atom. The zero-order valence-corrected chi connectivity index (χ0v) is 38.5. The molecule has 0 saturated carbocycles. The van der Waals surface area contributed by atoms with Gasteiger partial charge in [-0.1, -0.05) is 234 Å². The highest BCUT2D eigenvalue weighted by molar-refractivity contribution is 6.95. The molecule has 0 heterocycles. The van der Waals surface area contributed by atoms with Crippen molar-refractivity contribution in [2.75, 3.05) is 0 Å². The maximum Gasteiger partial charge on any atom is 0.154 e. The van der Waals surface area contributed by atoms with Gasteiger partial charge in [-0.05, 0) is 143 Å². The Labute approximate surface area is 383 Å². The summed E-state index contributed by atoms with van der Waals surface area (Å²) in [5, 5.41) is 4.36. The standard InChI is InChI=1S/C63H57Si/c1-46-55(34-49-22-10-4-11-23-49)40-61(41-56(46)35-50-24-12-5-13-25-50)64(62-42-57(36-51-26-14-6-15-27-51)47(2)58(43-62)37-52-28-16-7-17-29-52)63-44-59(38-53-30-18-8-19-31-53)48(3)60(45-63)39-54-32-20-9-21-33-54/h4-33,40-45H,34-39H2,1-3H3. The molecular weight excluding hydrogens is 785 g/mol. The van der Waals surface area contributed by atoms with Gasteiger partial charge in [0, 0.05) is 0 Å². The summed E-state index contributed by atoms with van der Waals surface area (Å²) in [6.07, 6.45) is 5.39. The van der Waals surface area contributed by atoms with Gasteiger partial charge >= 0.3 is 0 Å². The Hall–Kier alpha value is -6.80. The fraction of sp³-hybridized carbons (Fsp3) is 0.143. The molecule has 0 nitrogen and oxygen atoms in total. The molecule has 0 spiro atoms. The average Bonchev–Trinajstić information content (AvgIpc) is 3.33. The lowest BCUT2D eigenvalue weighted by Crippen LogP contribution is -2.53. The maximum absolute atomic E-state index is 2.60. The molecule has 0 saturated heterocycles. The Kier molecular flexibility index (Phi) is 13.4. The molecule has 1 heteroatoms. The van der Waals surface area contributed by atoms with Crippen LogP contribution in [0.4, 0.5) is 0 Å². The molecule has 9 aromatic rings. The van der Waals surface area contributed by atoms with Gasteiger partial charge in [-0.2, -0.15) is 0 Å². The van der Waals surface area contributed by atoms with E-state index in [2.05, 4.69) is 239 Å². The summed E-state index contributed by atoms with van der Waals surface area (Å²) < 4.78 is 0. The summed E-state index contributed by atoms with van der Waals surface area (Å²) >= 11 is 0. The Balaban J connectivity index is 1.31. The van der Waals surface area contributed by atoms with Crippen LogP contribution in [0.2, 0.25) is 0 Å². The maximum atomic E-state index is 2.60. The van der Waals surface area contributed by atoms with Crippen LogP contribution in [0.25, 0.3) is 0 Å². The SMILES string of the molecule is Cc1c(Cc2ccccc2)cc([Si](c2cc(Cc3ccccc3)c(C)c(Cc3ccccc3)c2)c2cc(Cc3ccccc3)c(C)c(Cc3ccccc3)c2)cc1Cc1ccccc1. The predicted molar refractivity (Wildman–Crippen MR) is 274 cm³/mol. The molecule has 0 amide bonds. The van der Waals surface area contributed by atoms with Crippen molar-refractivity contribution in [3.63, 3.8) is 0 Å². The lowest BCUT2D eigenvalue weighted by molar-refractivity contribution is 1.09. The molecule has 0 fully saturated rings. The van der Waals surface area contributed by atoms with E-state index in [4.69, 9.17) is 0 Å². The number of benzene rings is 9. The summed E-state index contributed by atoms with van der Waals surface area (Å²) in [4.78, 5) is 0. The predicted octanol–water partition coefficient (Wildman–Crippen LogP) is 12.7. The normalized spacial score (nSPS) is 11.2. The van der Waals surface area contributed by atoms with Crippen molar-refractivity contribution in [2.45, 2.75) is 59.3 Å². The third-order valence-electron chi connectivity index (χ3n) is 13.2. The van der Waals surface area contributed by atoms with Gasteiger partial charge in [-0.25, -0.2) is 0 Å². The number of hydrogen-bond acceptors (Lipinski definition) is 0. The van der Waals surface area contributed by atoms with Gasteiger partial charge in [0.05, 0.1) is 0 Å². The minimum atomic E-state index is -1.61. The van der Waals surface area contributed by atoms with Gasteiger partial charge in [0.2, 0.25) is 0 Å². The molecule has 0 atom stereocenters. The number of rotatable bonds is 15. The third-order valence-corrected chi connectivity index (χ3v) is 15.8. The van der Waals surface area contributed by atoms with Crippen molar-refractivity contribution in [3.8, 4) is 0 Å².